The van der Waals surface area contributed by atoms with Gasteiger partial charge in [-0.1, -0.05) is 47.5 Å². The summed E-state index contributed by atoms with van der Waals surface area (Å²) in [6, 6.07) is 10.8. The van der Waals surface area contributed by atoms with Crippen molar-refractivity contribution in [3.05, 3.63) is 80.0 Å². The van der Waals surface area contributed by atoms with E-state index >= 15 is 0 Å². The number of hydrogen-bond donors (Lipinski definition) is 1. The second-order valence-corrected chi connectivity index (χ2v) is 8.04. The average molecular weight is 458 g/mol. The number of benzene rings is 2. The standard InChI is InChI=1S/C24H21Cl2NO4/c1-4-30-23-16(25)10-13(11-17(23)26)19-18(24(29)31-5-2)12(3)27-21-14-8-6-7-9-15(14)22(28)20(19)21/h6-11,19,27H,4-5H2,1-3H3/t19-/m1/s1. The summed E-state index contributed by atoms with van der Waals surface area (Å²) in [6.07, 6.45) is 0. The van der Waals surface area contributed by atoms with Gasteiger partial charge in [0.25, 0.3) is 0 Å². The molecule has 160 valence electrons. The first-order valence-corrected chi connectivity index (χ1v) is 10.8. The van der Waals surface area contributed by atoms with Crippen molar-refractivity contribution in [1.29, 1.82) is 0 Å². The van der Waals surface area contributed by atoms with Gasteiger partial charge in [-0.05, 0) is 38.5 Å². The van der Waals surface area contributed by atoms with Gasteiger partial charge in [-0.15, -0.1) is 0 Å². The summed E-state index contributed by atoms with van der Waals surface area (Å²) < 4.78 is 10.9. The number of allylic oxidation sites excluding steroid dienone is 2. The summed E-state index contributed by atoms with van der Waals surface area (Å²) in [5.74, 6) is -0.939. The first-order valence-electron chi connectivity index (χ1n) is 10.0. The summed E-state index contributed by atoms with van der Waals surface area (Å²) in [5.41, 5.74) is 4.16. The maximum atomic E-state index is 13.4. The number of fused-ring (bicyclic) bond motifs is 2. The van der Waals surface area contributed by atoms with Gasteiger partial charge in [0, 0.05) is 28.3 Å². The van der Waals surface area contributed by atoms with Crippen LogP contribution in [0.1, 0.15) is 48.2 Å². The third-order valence-corrected chi connectivity index (χ3v) is 5.95. The fourth-order valence-corrected chi connectivity index (χ4v) is 4.78. The molecule has 0 saturated heterocycles. The van der Waals surface area contributed by atoms with E-state index in [0.717, 1.165) is 5.56 Å². The minimum absolute atomic E-state index is 0.140. The molecule has 1 aliphatic carbocycles. The van der Waals surface area contributed by atoms with Gasteiger partial charge in [0.1, 0.15) is 0 Å². The van der Waals surface area contributed by atoms with Gasteiger partial charge >= 0.3 is 5.97 Å². The van der Waals surface area contributed by atoms with Crippen LogP contribution >= 0.6 is 23.2 Å². The van der Waals surface area contributed by atoms with E-state index in [2.05, 4.69) is 5.32 Å². The molecule has 0 bridgehead atoms. The fourth-order valence-electron chi connectivity index (χ4n) is 4.17. The van der Waals surface area contributed by atoms with Crippen molar-refractivity contribution >= 4 is 40.7 Å². The van der Waals surface area contributed by atoms with Crippen LogP contribution in [0.5, 0.6) is 5.75 Å². The molecule has 0 aromatic heterocycles. The number of hydrogen-bond acceptors (Lipinski definition) is 5. The monoisotopic (exact) mass is 457 g/mol. The largest absolute Gasteiger partial charge is 0.491 e. The number of ether oxygens (including phenoxy) is 2. The minimum Gasteiger partial charge on any atom is -0.491 e. The van der Waals surface area contributed by atoms with Crippen molar-refractivity contribution < 1.29 is 19.1 Å². The van der Waals surface area contributed by atoms with Crippen molar-refractivity contribution in [3.8, 4) is 5.75 Å². The second kappa shape index (κ2) is 8.40. The quantitative estimate of drug-likeness (QED) is 0.598. The van der Waals surface area contributed by atoms with Gasteiger partial charge in [-0.3, -0.25) is 4.79 Å². The highest BCUT2D eigenvalue weighted by atomic mass is 35.5. The summed E-state index contributed by atoms with van der Waals surface area (Å²) >= 11 is 12.9. The van der Waals surface area contributed by atoms with Gasteiger partial charge in [0.15, 0.2) is 11.5 Å². The van der Waals surface area contributed by atoms with Crippen LogP contribution in [0.4, 0.5) is 0 Å². The zero-order valence-corrected chi connectivity index (χ0v) is 18.9. The molecule has 5 nitrogen and oxygen atoms in total. The average Bonchev–Trinajstić information content (AvgIpc) is 3.02. The number of ketones is 1. The lowest BCUT2D eigenvalue weighted by Crippen LogP contribution is -2.29. The van der Waals surface area contributed by atoms with Crippen LogP contribution in [0.25, 0.3) is 5.70 Å². The molecule has 4 rings (SSSR count). The maximum absolute atomic E-state index is 13.4. The Labute approximate surface area is 190 Å². The fraction of sp³-hybridized carbons (Fsp3) is 0.250. The van der Waals surface area contributed by atoms with Crippen LogP contribution < -0.4 is 10.1 Å². The lowest BCUT2D eigenvalue weighted by molar-refractivity contribution is -0.138. The predicted octanol–water partition coefficient (Wildman–Crippen LogP) is 5.52. The van der Waals surface area contributed by atoms with Gasteiger partial charge < -0.3 is 14.8 Å². The number of carbonyl (C=O) groups excluding carboxylic acids is 2. The Bertz CT molecular complexity index is 1140. The minimum atomic E-state index is -0.680. The van der Waals surface area contributed by atoms with Crippen LogP contribution in [0, 0.1) is 0 Å². The Balaban J connectivity index is 1.94. The summed E-state index contributed by atoms with van der Waals surface area (Å²) in [5, 5.41) is 3.89. The summed E-state index contributed by atoms with van der Waals surface area (Å²) in [4.78, 5) is 26.4. The first kappa shape index (κ1) is 21.5. The smallest absolute Gasteiger partial charge is 0.336 e. The first-order chi connectivity index (χ1) is 14.9. The molecule has 0 amide bonds. The van der Waals surface area contributed by atoms with Crippen molar-refractivity contribution in [1.82, 2.24) is 5.32 Å². The Morgan fingerprint density at radius 2 is 1.71 bits per heavy atom. The van der Waals surface area contributed by atoms with E-state index in [1.807, 2.05) is 25.1 Å². The molecule has 1 atom stereocenters. The zero-order chi connectivity index (χ0) is 22.3. The molecule has 2 aromatic carbocycles. The normalized spacial score (nSPS) is 17.3. The van der Waals surface area contributed by atoms with Gasteiger partial charge in [-0.25, -0.2) is 4.79 Å². The zero-order valence-electron chi connectivity index (χ0n) is 17.3. The highest BCUT2D eigenvalue weighted by Crippen LogP contribution is 2.48. The van der Waals surface area contributed by atoms with Crippen LogP contribution in [-0.2, 0) is 9.53 Å². The van der Waals surface area contributed by atoms with E-state index in [9.17, 15) is 9.59 Å². The van der Waals surface area contributed by atoms with E-state index in [4.69, 9.17) is 32.7 Å². The lowest BCUT2D eigenvalue weighted by atomic mass is 9.80. The third-order valence-electron chi connectivity index (χ3n) is 5.39. The van der Waals surface area contributed by atoms with Crippen molar-refractivity contribution in [3.63, 3.8) is 0 Å². The van der Waals surface area contributed by atoms with E-state index in [1.165, 1.54) is 0 Å². The van der Waals surface area contributed by atoms with E-state index in [0.29, 0.717) is 56.1 Å². The predicted molar refractivity (Wildman–Crippen MR) is 121 cm³/mol. The number of halogens is 2. The highest BCUT2D eigenvalue weighted by molar-refractivity contribution is 6.37. The van der Waals surface area contributed by atoms with E-state index in [1.54, 1.807) is 32.0 Å². The molecule has 0 radical (unpaired) electrons. The molecule has 2 aliphatic rings. The Morgan fingerprint density at radius 1 is 1.06 bits per heavy atom. The van der Waals surface area contributed by atoms with E-state index < -0.39 is 11.9 Å². The second-order valence-electron chi connectivity index (χ2n) is 7.23. The molecule has 1 N–H and O–H groups in total. The Kier molecular flexibility index (Phi) is 5.82. The number of Topliss-reactive ketones (excluding diaryl/α,β-unsaturated/α-hetero) is 1. The molecule has 0 saturated carbocycles. The van der Waals surface area contributed by atoms with Gasteiger partial charge in [0.2, 0.25) is 0 Å². The Hall–Kier alpha value is -2.76. The lowest BCUT2D eigenvalue weighted by Gasteiger charge is -2.29. The van der Waals surface area contributed by atoms with Crippen LogP contribution in [0.2, 0.25) is 10.0 Å². The van der Waals surface area contributed by atoms with Crippen molar-refractivity contribution in [2.75, 3.05) is 13.2 Å². The van der Waals surface area contributed by atoms with Crippen LogP contribution in [-0.4, -0.2) is 25.0 Å². The van der Waals surface area contributed by atoms with E-state index in [-0.39, 0.29) is 12.4 Å². The molecule has 0 unspecified atom stereocenters. The molecular weight excluding hydrogens is 437 g/mol. The molecule has 2 aromatic rings. The molecule has 7 heteroatoms. The topological polar surface area (TPSA) is 64.6 Å². The number of dihydropyridines is 1. The maximum Gasteiger partial charge on any atom is 0.336 e. The molecule has 1 aliphatic heterocycles. The van der Waals surface area contributed by atoms with Crippen LogP contribution in [0.3, 0.4) is 0 Å². The summed E-state index contributed by atoms with van der Waals surface area (Å²) in [6.45, 7) is 6.00. The third kappa shape index (κ3) is 3.52. The molecule has 1 heterocycles. The van der Waals surface area contributed by atoms with Gasteiger partial charge in [-0.2, -0.15) is 0 Å². The number of carbonyl (C=O) groups is 2. The number of rotatable bonds is 5. The SMILES string of the molecule is CCOC(=O)C1=C(C)NC2=C(C(=O)c3ccccc32)[C@@H]1c1cc(Cl)c(OCC)c(Cl)c1. The molecular formula is C24H21Cl2NO4. The number of esters is 1. The Morgan fingerprint density at radius 3 is 2.32 bits per heavy atom. The van der Waals surface area contributed by atoms with Crippen molar-refractivity contribution in [2.45, 2.75) is 26.7 Å². The van der Waals surface area contributed by atoms with Crippen molar-refractivity contribution in [2.24, 2.45) is 0 Å². The summed E-state index contributed by atoms with van der Waals surface area (Å²) in [7, 11) is 0. The molecule has 31 heavy (non-hydrogen) atoms. The van der Waals surface area contributed by atoms with Gasteiger partial charge in [0.05, 0.1) is 34.5 Å². The molecule has 0 spiro atoms. The number of nitrogens with one attached hydrogen (secondary N) is 1. The highest BCUT2D eigenvalue weighted by Gasteiger charge is 2.43. The molecule has 0 fully saturated rings. The van der Waals surface area contributed by atoms with Crippen LogP contribution in [0.15, 0.2) is 53.2 Å².